The minimum absolute atomic E-state index is 0.397. The largest absolute Gasteiger partial charge is 0.484 e. The average Bonchev–Trinajstić information content (AvgIpc) is 2.60. The molecule has 4 rings (SSSR count). The summed E-state index contributed by atoms with van der Waals surface area (Å²) >= 11 is 1.39. The third-order valence-corrected chi connectivity index (χ3v) is 6.15. The Hall–Kier alpha value is -2.28. The summed E-state index contributed by atoms with van der Waals surface area (Å²) in [5, 5.41) is 0. The molecule has 0 saturated carbocycles. The topological polar surface area (TPSA) is 89.7 Å². The molecule has 24 heavy (non-hydrogen) atoms. The van der Waals surface area contributed by atoms with E-state index in [-0.39, 0.29) is 0 Å². The second-order valence-electron chi connectivity index (χ2n) is 6.26. The van der Waals surface area contributed by atoms with Crippen molar-refractivity contribution in [1.29, 1.82) is 0 Å². The van der Waals surface area contributed by atoms with E-state index in [9.17, 15) is 14.4 Å². The molecule has 2 aliphatic heterocycles. The summed E-state index contributed by atoms with van der Waals surface area (Å²) in [6.45, 7) is 1.07. The number of nitrogens with zero attached hydrogens (tertiary/aromatic N) is 1. The Balaban J connectivity index is 1.68. The van der Waals surface area contributed by atoms with E-state index in [0.29, 0.717) is 53.5 Å². The van der Waals surface area contributed by atoms with Crippen LogP contribution in [0.4, 0.5) is 4.79 Å². The Morgan fingerprint density at radius 3 is 2.46 bits per heavy atom. The number of thioether (sulfide) groups is 1. The van der Waals surface area contributed by atoms with Gasteiger partial charge in [0.15, 0.2) is 0 Å². The molecule has 0 aromatic heterocycles. The van der Waals surface area contributed by atoms with Crippen molar-refractivity contribution in [3.05, 3.63) is 40.3 Å². The number of likely N-dealkylation sites (tertiary alicyclic amines) is 1. The van der Waals surface area contributed by atoms with E-state index in [1.165, 1.54) is 11.8 Å². The zero-order chi connectivity index (χ0) is 16.9. The molecule has 1 saturated heterocycles. The molecule has 3 aliphatic rings. The fraction of sp³-hybridized carbons (Fsp3) is 0.353. The van der Waals surface area contributed by atoms with Crippen molar-refractivity contribution in [3.63, 3.8) is 0 Å². The van der Waals surface area contributed by atoms with Gasteiger partial charge in [0.1, 0.15) is 16.3 Å². The average molecular weight is 344 g/mol. The molecule has 1 aromatic rings. The van der Waals surface area contributed by atoms with Gasteiger partial charge in [0.05, 0.1) is 0 Å². The third-order valence-electron chi connectivity index (χ3n) is 4.82. The SMILES string of the molecule is NC(=O)N1CCC2(CC1)CSC1=C(O2)c2ccccc2C(=O)C1=O. The van der Waals surface area contributed by atoms with Gasteiger partial charge >= 0.3 is 6.03 Å². The maximum absolute atomic E-state index is 12.4. The van der Waals surface area contributed by atoms with Gasteiger partial charge in [0, 0.05) is 42.8 Å². The van der Waals surface area contributed by atoms with Gasteiger partial charge in [0.25, 0.3) is 0 Å². The first-order chi connectivity index (χ1) is 11.5. The van der Waals surface area contributed by atoms with E-state index < -0.39 is 23.2 Å². The molecule has 0 atom stereocenters. The molecule has 2 amide bonds. The Kier molecular flexibility index (Phi) is 3.42. The molecule has 0 radical (unpaired) electrons. The maximum Gasteiger partial charge on any atom is 0.314 e. The highest BCUT2D eigenvalue weighted by molar-refractivity contribution is 8.04. The number of nitrogens with two attached hydrogens (primary N) is 1. The number of piperidine rings is 1. The van der Waals surface area contributed by atoms with Gasteiger partial charge in [0.2, 0.25) is 11.6 Å². The number of benzene rings is 1. The van der Waals surface area contributed by atoms with Gasteiger partial charge in [-0.2, -0.15) is 0 Å². The number of ether oxygens (including phenoxy) is 1. The van der Waals surface area contributed by atoms with Gasteiger partial charge in [-0.1, -0.05) is 24.3 Å². The molecule has 6 nitrogen and oxygen atoms in total. The highest BCUT2D eigenvalue weighted by Gasteiger charge is 2.46. The Morgan fingerprint density at radius 2 is 1.79 bits per heavy atom. The lowest BCUT2D eigenvalue weighted by Crippen LogP contribution is -2.52. The van der Waals surface area contributed by atoms with Crippen molar-refractivity contribution in [2.24, 2.45) is 5.73 Å². The van der Waals surface area contributed by atoms with Crippen LogP contribution in [0.25, 0.3) is 5.76 Å². The summed E-state index contributed by atoms with van der Waals surface area (Å²) < 4.78 is 6.30. The van der Waals surface area contributed by atoms with Crippen molar-refractivity contribution in [2.75, 3.05) is 18.8 Å². The number of urea groups is 1. The number of allylic oxidation sites excluding steroid dienone is 1. The van der Waals surface area contributed by atoms with Gasteiger partial charge in [-0.15, -0.1) is 11.8 Å². The van der Waals surface area contributed by atoms with Crippen LogP contribution < -0.4 is 5.73 Å². The summed E-state index contributed by atoms with van der Waals surface area (Å²) in [5.41, 5.74) is 5.99. The lowest BCUT2D eigenvalue weighted by atomic mass is 9.90. The number of ketones is 2. The summed E-state index contributed by atoms with van der Waals surface area (Å²) in [7, 11) is 0. The number of carbonyl (C=O) groups is 3. The Labute approximate surface area is 143 Å². The monoisotopic (exact) mass is 344 g/mol. The zero-order valence-electron chi connectivity index (χ0n) is 12.9. The predicted octanol–water partition coefficient (Wildman–Crippen LogP) is 1.80. The molecule has 0 unspecified atom stereocenters. The summed E-state index contributed by atoms with van der Waals surface area (Å²) in [6, 6.07) is 6.62. The first kappa shape index (κ1) is 15.3. The van der Waals surface area contributed by atoms with Crippen LogP contribution in [0.2, 0.25) is 0 Å². The highest BCUT2D eigenvalue weighted by Crippen LogP contribution is 2.47. The number of carbonyl (C=O) groups excluding carboxylic acids is 3. The minimum atomic E-state index is -0.488. The van der Waals surface area contributed by atoms with Crippen LogP contribution in [0.5, 0.6) is 0 Å². The van der Waals surface area contributed by atoms with Crippen LogP contribution in [0, 0.1) is 0 Å². The lowest BCUT2D eigenvalue weighted by molar-refractivity contribution is -0.111. The van der Waals surface area contributed by atoms with Gasteiger partial charge in [-0.05, 0) is 0 Å². The van der Waals surface area contributed by atoms with Crippen LogP contribution in [-0.2, 0) is 9.53 Å². The van der Waals surface area contributed by atoms with Crippen molar-refractivity contribution < 1.29 is 19.1 Å². The van der Waals surface area contributed by atoms with Crippen LogP contribution in [-0.4, -0.2) is 46.9 Å². The minimum Gasteiger partial charge on any atom is -0.484 e. The number of amides is 2. The molecular weight excluding hydrogens is 328 g/mol. The zero-order valence-corrected chi connectivity index (χ0v) is 13.7. The molecule has 1 aliphatic carbocycles. The number of Topliss-reactive ketones (excluding diaryl/α,β-unsaturated/α-hetero) is 2. The van der Waals surface area contributed by atoms with Crippen LogP contribution in [0.3, 0.4) is 0 Å². The number of hydrogen-bond acceptors (Lipinski definition) is 5. The second kappa shape index (κ2) is 5.37. The van der Waals surface area contributed by atoms with E-state index in [1.807, 2.05) is 12.1 Å². The van der Waals surface area contributed by atoms with E-state index in [2.05, 4.69) is 0 Å². The van der Waals surface area contributed by atoms with Crippen molar-refractivity contribution in [3.8, 4) is 0 Å². The van der Waals surface area contributed by atoms with Gasteiger partial charge < -0.3 is 15.4 Å². The molecule has 2 heterocycles. The number of primary amides is 1. The first-order valence-corrected chi connectivity index (χ1v) is 8.78. The van der Waals surface area contributed by atoms with Crippen molar-refractivity contribution in [2.45, 2.75) is 18.4 Å². The smallest absolute Gasteiger partial charge is 0.314 e. The lowest BCUT2D eigenvalue weighted by Gasteiger charge is -2.45. The summed E-state index contributed by atoms with van der Waals surface area (Å²) in [5.74, 6) is 0.150. The van der Waals surface area contributed by atoms with E-state index in [1.54, 1.807) is 17.0 Å². The van der Waals surface area contributed by atoms with E-state index >= 15 is 0 Å². The molecular formula is C17H16N2O4S. The molecule has 7 heteroatoms. The highest BCUT2D eigenvalue weighted by atomic mass is 32.2. The second-order valence-corrected chi connectivity index (χ2v) is 7.25. The molecule has 124 valence electrons. The Bertz CT molecular complexity index is 794. The summed E-state index contributed by atoms with van der Waals surface area (Å²) in [6.07, 6.45) is 1.31. The fourth-order valence-corrected chi connectivity index (χ4v) is 4.65. The predicted molar refractivity (Wildman–Crippen MR) is 89.4 cm³/mol. The van der Waals surface area contributed by atoms with E-state index in [4.69, 9.17) is 10.5 Å². The molecule has 1 aromatic carbocycles. The standard InChI is InChI=1S/C17H16N2O4S/c18-16(22)19-7-5-17(6-8-19)9-24-15-13(21)12(20)10-3-1-2-4-11(10)14(15)23-17/h1-4H,5-9H2,(H2,18,22). The number of rotatable bonds is 0. The normalized spacial score (nSPS) is 22.1. The van der Waals surface area contributed by atoms with Crippen molar-refractivity contribution in [1.82, 2.24) is 4.90 Å². The first-order valence-electron chi connectivity index (χ1n) is 7.80. The van der Waals surface area contributed by atoms with Gasteiger partial charge in [-0.3, -0.25) is 9.59 Å². The number of fused-ring (bicyclic) bond motifs is 2. The van der Waals surface area contributed by atoms with Crippen LogP contribution in [0.1, 0.15) is 28.8 Å². The quantitative estimate of drug-likeness (QED) is 0.725. The number of hydrogen-bond donors (Lipinski definition) is 1. The molecule has 2 N–H and O–H groups in total. The summed E-state index contributed by atoms with van der Waals surface area (Å²) in [4.78, 5) is 37.9. The van der Waals surface area contributed by atoms with E-state index in [0.717, 1.165) is 0 Å². The molecule has 0 bridgehead atoms. The fourth-order valence-electron chi connectivity index (χ4n) is 3.39. The molecule has 1 fully saturated rings. The third kappa shape index (κ3) is 2.23. The van der Waals surface area contributed by atoms with Crippen molar-refractivity contribution >= 4 is 35.1 Å². The molecule has 1 spiro atoms. The van der Waals surface area contributed by atoms with Gasteiger partial charge in [-0.25, -0.2) is 4.79 Å². The van der Waals surface area contributed by atoms with Crippen LogP contribution >= 0.6 is 11.8 Å². The maximum atomic E-state index is 12.4. The Morgan fingerprint density at radius 1 is 1.12 bits per heavy atom. The van der Waals surface area contributed by atoms with Crippen LogP contribution in [0.15, 0.2) is 29.2 Å².